The normalized spacial score (nSPS) is 10.2. The van der Waals surface area contributed by atoms with Crippen molar-refractivity contribution in [2.75, 3.05) is 0 Å². The number of fused-ring (bicyclic) bond motifs is 1. The highest BCUT2D eigenvalue weighted by Crippen LogP contribution is 2.21. The molecular formula is C11H9N3O2. The van der Waals surface area contributed by atoms with Crippen LogP contribution in [0.5, 0.6) is 0 Å². The van der Waals surface area contributed by atoms with E-state index < -0.39 is 5.97 Å². The van der Waals surface area contributed by atoms with E-state index in [1.54, 1.807) is 12.1 Å². The van der Waals surface area contributed by atoms with Gasteiger partial charge in [-0.3, -0.25) is 0 Å². The second-order valence-corrected chi connectivity index (χ2v) is 3.40. The summed E-state index contributed by atoms with van der Waals surface area (Å²) in [5.41, 5.74) is 7.50. The van der Waals surface area contributed by atoms with Crippen molar-refractivity contribution in [2.45, 2.75) is 6.54 Å². The summed E-state index contributed by atoms with van der Waals surface area (Å²) in [6, 6.07) is 6.82. The average Bonchev–Trinajstić information content (AvgIpc) is 2.71. The van der Waals surface area contributed by atoms with Gasteiger partial charge in [0.25, 0.3) is 0 Å². The number of nitriles is 1. The van der Waals surface area contributed by atoms with Gasteiger partial charge in [0.1, 0.15) is 5.69 Å². The molecule has 4 N–H and O–H groups in total. The molecule has 0 aliphatic heterocycles. The quantitative estimate of drug-likeness (QED) is 0.700. The van der Waals surface area contributed by atoms with Gasteiger partial charge in [-0.15, -0.1) is 0 Å². The number of rotatable bonds is 2. The monoisotopic (exact) mass is 215 g/mol. The van der Waals surface area contributed by atoms with E-state index in [1.807, 2.05) is 6.07 Å². The predicted molar refractivity (Wildman–Crippen MR) is 57.9 cm³/mol. The number of aromatic nitrogens is 1. The molecule has 0 spiro atoms. The fraction of sp³-hybridized carbons (Fsp3) is 0.0909. The number of hydrogen-bond acceptors (Lipinski definition) is 3. The van der Waals surface area contributed by atoms with Crippen molar-refractivity contribution >= 4 is 16.9 Å². The minimum atomic E-state index is -1.03. The number of nitrogens with zero attached hydrogens (tertiary/aromatic N) is 1. The molecule has 5 heteroatoms. The highest BCUT2D eigenvalue weighted by molar-refractivity contribution is 5.95. The van der Waals surface area contributed by atoms with E-state index in [9.17, 15) is 4.79 Å². The number of carbonyl (C=O) groups is 1. The molecule has 0 aliphatic carbocycles. The molecule has 16 heavy (non-hydrogen) atoms. The smallest absolute Gasteiger partial charge is 0.352 e. The zero-order valence-corrected chi connectivity index (χ0v) is 8.32. The van der Waals surface area contributed by atoms with Crippen molar-refractivity contribution < 1.29 is 9.90 Å². The molecule has 80 valence electrons. The van der Waals surface area contributed by atoms with Gasteiger partial charge in [-0.25, -0.2) is 4.79 Å². The van der Waals surface area contributed by atoms with Gasteiger partial charge in [0.05, 0.1) is 11.6 Å². The molecule has 0 radical (unpaired) electrons. The summed E-state index contributed by atoms with van der Waals surface area (Å²) in [4.78, 5) is 13.5. The number of nitrogens with two attached hydrogens (primary N) is 1. The van der Waals surface area contributed by atoms with Gasteiger partial charge in [0, 0.05) is 17.4 Å². The Kier molecular flexibility index (Phi) is 2.35. The summed E-state index contributed by atoms with van der Waals surface area (Å²) in [7, 11) is 0. The minimum Gasteiger partial charge on any atom is -0.477 e. The Bertz CT molecular complexity index is 607. The lowest BCUT2D eigenvalue weighted by Crippen LogP contribution is -1.97. The summed E-state index contributed by atoms with van der Waals surface area (Å²) in [5.74, 6) is -1.03. The molecule has 0 saturated carbocycles. The Morgan fingerprint density at radius 2 is 2.25 bits per heavy atom. The van der Waals surface area contributed by atoms with E-state index in [0.29, 0.717) is 11.1 Å². The van der Waals surface area contributed by atoms with Crippen LogP contribution in [0, 0.1) is 11.3 Å². The third-order valence-electron chi connectivity index (χ3n) is 2.40. The molecule has 1 heterocycles. The maximum Gasteiger partial charge on any atom is 0.352 e. The highest BCUT2D eigenvalue weighted by atomic mass is 16.4. The number of aromatic amines is 1. The topological polar surface area (TPSA) is 103 Å². The standard InChI is InChI=1S/C11H9N3O2/c12-4-6-1-7(5-13)8-3-10(11(15)16)14-9(8)2-6/h1-3,14H,5,13H2,(H,15,16). The minimum absolute atomic E-state index is 0.0970. The first-order valence-corrected chi connectivity index (χ1v) is 4.65. The van der Waals surface area contributed by atoms with Crippen LogP contribution in [0.2, 0.25) is 0 Å². The molecular weight excluding hydrogens is 206 g/mol. The Hall–Kier alpha value is -2.32. The van der Waals surface area contributed by atoms with Crippen molar-refractivity contribution in [3.05, 3.63) is 35.0 Å². The summed E-state index contributed by atoms with van der Waals surface area (Å²) in [6.07, 6.45) is 0. The first-order valence-electron chi connectivity index (χ1n) is 4.65. The highest BCUT2D eigenvalue weighted by Gasteiger charge is 2.10. The number of hydrogen-bond donors (Lipinski definition) is 3. The molecule has 0 fully saturated rings. The Labute approximate surface area is 91.1 Å². The van der Waals surface area contributed by atoms with Crippen molar-refractivity contribution in [1.82, 2.24) is 4.98 Å². The fourth-order valence-electron chi connectivity index (χ4n) is 1.66. The van der Waals surface area contributed by atoms with Gasteiger partial charge in [0.15, 0.2) is 0 Å². The second kappa shape index (κ2) is 3.68. The largest absolute Gasteiger partial charge is 0.477 e. The number of carboxylic acids is 1. The van der Waals surface area contributed by atoms with Crippen LogP contribution in [-0.2, 0) is 6.54 Å². The zero-order chi connectivity index (χ0) is 11.7. The van der Waals surface area contributed by atoms with Crippen LogP contribution in [0.25, 0.3) is 10.9 Å². The van der Waals surface area contributed by atoms with Crippen molar-refractivity contribution in [1.29, 1.82) is 5.26 Å². The molecule has 1 aromatic carbocycles. The molecule has 0 unspecified atom stereocenters. The Morgan fingerprint density at radius 3 is 2.81 bits per heavy atom. The van der Waals surface area contributed by atoms with Crippen LogP contribution < -0.4 is 5.73 Å². The van der Waals surface area contributed by atoms with Crippen molar-refractivity contribution in [3.63, 3.8) is 0 Å². The maximum absolute atomic E-state index is 10.8. The number of carboxylic acid groups (broad SMARTS) is 1. The average molecular weight is 215 g/mol. The Balaban J connectivity index is 2.76. The molecule has 0 bridgehead atoms. The molecule has 2 aromatic rings. The third-order valence-corrected chi connectivity index (χ3v) is 2.40. The first kappa shape index (κ1) is 10.2. The molecule has 0 amide bonds. The van der Waals surface area contributed by atoms with Gasteiger partial charge < -0.3 is 15.8 Å². The number of H-pyrrole nitrogens is 1. The lowest BCUT2D eigenvalue weighted by Gasteiger charge is -1.99. The lowest BCUT2D eigenvalue weighted by molar-refractivity contribution is 0.0691. The molecule has 0 saturated heterocycles. The van der Waals surface area contributed by atoms with E-state index in [0.717, 1.165) is 10.9 Å². The van der Waals surface area contributed by atoms with Gasteiger partial charge in [0.2, 0.25) is 0 Å². The van der Waals surface area contributed by atoms with Crippen LogP contribution in [0.1, 0.15) is 21.6 Å². The van der Waals surface area contributed by atoms with Crippen LogP contribution in [0.3, 0.4) is 0 Å². The van der Waals surface area contributed by atoms with Gasteiger partial charge >= 0.3 is 5.97 Å². The summed E-state index contributed by atoms with van der Waals surface area (Å²) in [6.45, 7) is 0.267. The first-order chi connectivity index (χ1) is 7.65. The Morgan fingerprint density at radius 1 is 1.50 bits per heavy atom. The van der Waals surface area contributed by atoms with E-state index >= 15 is 0 Å². The van der Waals surface area contributed by atoms with Crippen LogP contribution in [0.15, 0.2) is 18.2 Å². The van der Waals surface area contributed by atoms with E-state index in [1.165, 1.54) is 6.07 Å². The van der Waals surface area contributed by atoms with E-state index in [2.05, 4.69) is 4.98 Å². The van der Waals surface area contributed by atoms with Gasteiger partial charge in [-0.1, -0.05) is 0 Å². The molecule has 0 atom stereocenters. The number of aromatic carboxylic acids is 1. The molecule has 1 aromatic heterocycles. The summed E-state index contributed by atoms with van der Waals surface area (Å²) < 4.78 is 0. The third kappa shape index (κ3) is 1.51. The molecule has 0 aliphatic rings. The van der Waals surface area contributed by atoms with E-state index in [-0.39, 0.29) is 12.2 Å². The zero-order valence-electron chi connectivity index (χ0n) is 8.32. The predicted octanol–water partition coefficient (Wildman–Crippen LogP) is 1.20. The second-order valence-electron chi connectivity index (χ2n) is 3.40. The van der Waals surface area contributed by atoms with E-state index in [4.69, 9.17) is 16.1 Å². The molecule has 5 nitrogen and oxygen atoms in total. The van der Waals surface area contributed by atoms with Gasteiger partial charge in [-0.2, -0.15) is 5.26 Å². The summed E-state index contributed by atoms with van der Waals surface area (Å²) in [5, 5.41) is 18.4. The van der Waals surface area contributed by atoms with Crippen LogP contribution >= 0.6 is 0 Å². The SMILES string of the molecule is N#Cc1cc(CN)c2cc(C(=O)O)[nH]c2c1. The maximum atomic E-state index is 10.8. The van der Waals surface area contributed by atoms with Gasteiger partial charge in [-0.05, 0) is 23.8 Å². The number of nitrogens with one attached hydrogen (secondary N) is 1. The fourth-order valence-corrected chi connectivity index (χ4v) is 1.66. The van der Waals surface area contributed by atoms with Crippen molar-refractivity contribution in [2.24, 2.45) is 5.73 Å². The lowest BCUT2D eigenvalue weighted by atomic mass is 10.1. The summed E-state index contributed by atoms with van der Waals surface area (Å²) >= 11 is 0. The van der Waals surface area contributed by atoms with Crippen molar-refractivity contribution in [3.8, 4) is 6.07 Å². The molecule has 2 rings (SSSR count). The number of benzene rings is 1. The van der Waals surface area contributed by atoms with Crippen LogP contribution in [-0.4, -0.2) is 16.1 Å². The van der Waals surface area contributed by atoms with Crippen LogP contribution in [0.4, 0.5) is 0 Å².